The van der Waals surface area contributed by atoms with Crippen LogP contribution in [-0.4, -0.2) is 49.6 Å². The molecule has 1 aliphatic rings. The number of aliphatic hydroxyl groups is 1. The van der Waals surface area contributed by atoms with E-state index in [1.165, 1.54) is 12.0 Å². The van der Waals surface area contributed by atoms with Crippen molar-refractivity contribution in [2.45, 2.75) is 12.5 Å². The van der Waals surface area contributed by atoms with Gasteiger partial charge in [0.25, 0.3) is 11.7 Å². The number of amides is 1. The average Bonchev–Trinajstić information content (AvgIpc) is 3.16. The first-order valence-corrected chi connectivity index (χ1v) is 11.2. The van der Waals surface area contributed by atoms with Crippen molar-refractivity contribution in [2.24, 2.45) is 0 Å². The number of ether oxygens (including phenoxy) is 3. The molecule has 1 aliphatic heterocycles. The fourth-order valence-corrected chi connectivity index (χ4v) is 4.28. The molecule has 0 spiro atoms. The number of methoxy groups -OCH3 is 3. The van der Waals surface area contributed by atoms with Gasteiger partial charge in [0.1, 0.15) is 23.0 Å². The summed E-state index contributed by atoms with van der Waals surface area (Å²) in [4.78, 5) is 28.0. The Hall–Kier alpha value is -4.26. The second kappa shape index (κ2) is 10.3. The molecular formula is C28H27NO6. The van der Waals surface area contributed by atoms with E-state index < -0.39 is 17.7 Å². The molecule has 3 aromatic carbocycles. The summed E-state index contributed by atoms with van der Waals surface area (Å²) in [5.74, 6) is -0.0361. The Balaban J connectivity index is 1.83. The van der Waals surface area contributed by atoms with Gasteiger partial charge in [0.2, 0.25) is 0 Å². The lowest BCUT2D eigenvalue weighted by Crippen LogP contribution is -2.31. The van der Waals surface area contributed by atoms with Crippen LogP contribution in [0.15, 0.2) is 78.4 Å². The molecule has 180 valence electrons. The van der Waals surface area contributed by atoms with Gasteiger partial charge in [0.05, 0.1) is 32.9 Å². The maximum atomic E-state index is 13.3. The van der Waals surface area contributed by atoms with Crippen molar-refractivity contribution in [3.8, 4) is 17.2 Å². The molecule has 0 bridgehead atoms. The summed E-state index contributed by atoms with van der Waals surface area (Å²) >= 11 is 0. The summed E-state index contributed by atoms with van der Waals surface area (Å²) in [6, 6.07) is 20.7. The van der Waals surface area contributed by atoms with Gasteiger partial charge in [-0.1, -0.05) is 30.3 Å². The van der Waals surface area contributed by atoms with Gasteiger partial charge in [-0.05, 0) is 48.4 Å². The number of carbonyl (C=O) groups excluding carboxylic acids is 2. The van der Waals surface area contributed by atoms with Crippen LogP contribution >= 0.6 is 0 Å². The molecule has 0 saturated carbocycles. The lowest BCUT2D eigenvalue weighted by atomic mass is 9.94. The zero-order valence-electron chi connectivity index (χ0n) is 19.9. The van der Waals surface area contributed by atoms with E-state index in [9.17, 15) is 14.7 Å². The van der Waals surface area contributed by atoms with Gasteiger partial charge in [0, 0.05) is 23.7 Å². The highest BCUT2D eigenvalue weighted by Crippen LogP contribution is 2.43. The smallest absolute Gasteiger partial charge is 0.295 e. The molecule has 1 fully saturated rings. The molecule has 1 atom stereocenters. The molecule has 7 heteroatoms. The number of hydrogen-bond donors (Lipinski definition) is 1. The molecular weight excluding hydrogens is 446 g/mol. The minimum Gasteiger partial charge on any atom is -0.507 e. The minimum absolute atomic E-state index is 0.0108. The molecule has 1 saturated heterocycles. The third-order valence-corrected chi connectivity index (χ3v) is 6.12. The fourth-order valence-electron chi connectivity index (χ4n) is 4.28. The summed E-state index contributed by atoms with van der Waals surface area (Å²) in [6.07, 6.45) is 0.547. The van der Waals surface area contributed by atoms with Crippen LogP contribution in [0.25, 0.3) is 5.76 Å². The first-order chi connectivity index (χ1) is 17.0. The Bertz CT molecular complexity index is 1250. The van der Waals surface area contributed by atoms with E-state index in [1.807, 2.05) is 30.3 Å². The highest BCUT2D eigenvalue weighted by atomic mass is 16.5. The maximum Gasteiger partial charge on any atom is 0.295 e. The SMILES string of the molecule is COc1ccc(/C(O)=C2\C(=O)C(=O)N(CCc3ccccc3)C2c2ccc(OC)cc2OC)cc1. The number of Topliss-reactive ketones (excluding diaryl/α,β-unsaturated/α-hetero) is 1. The number of nitrogens with zero attached hydrogens (tertiary/aromatic N) is 1. The van der Waals surface area contributed by atoms with Gasteiger partial charge in [0.15, 0.2) is 0 Å². The third kappa shape index (κ3) is 4.71. The van der Waals surface area contributed by atoms with Crippen LogP contribution in [0.5, 0.6) is 17.2 Å². The van der Waals surface area contributed by atoms with E-state index in [1.54, 1.807) is 56.7 Å². The van der Waals surface area contributed by atoms with E-state index >= 15 is 0 Å². The minimum atomic E-state index is -0.832. The second-order valence-electron chi connectivity index (χ2n) is 8.06. The van der Waals surface area contributed by atoms with Crippen LogP contribution in [0.2, 0.25) is 0 Å². The zero-order chi connectivity index (χ0) is 24.9. The molecule has 1 heterocycles. The summed E-state index contributed by atoms with van der Waals surface area (Å²) < 4.78 is 16.1. The van der Waals surface area contributed by atoms with Crippen molar-refractivity contribution in [1.82, 2.24) is 4.90 Å². The molecule has 0 aromatic heterocycles. The van der Waals surface area contributed by atoms with E-state index in [2.05, 4.69) is 0 Å². The molecule has 1 amide bonds. The molecule has 35 heavy (non-hydrogen) atoms. The Morgan fingerprint density at radius 2 is 1.51 bits per heavy atom. The fraction of sp³-hybridized carbons (Fsp3) is 0.214. The van der Waals surface area contributed by atoms with Gasteiger partial charge in [-0.3, -0.25) is 9.59 Å². The molecule has 4 rings (SSSR count). The van der Waals surface area contributed by atoms with Crippen molar-refractivity contribution in [1.29, 1.82) is 0 Å². The van der Waals surface area contributed by atoms with Crippen molar-refractivity contribution in [3.05, 3.63) is 95.1 Å². The topological polar surface area (TPSA) is 85.3 Å². The molecule has 1 N–H and O–H groups in total. The Morgan fingerprint density at radius 3 is 2.14 bits per heavy atom. The highest BCUT2D eigenvalue weighted by Gasteiger charge is 2.46. The van der Waals surface area contributed by atoms with Crippen molar-refractivity contribution in [3.63, 3.8) is 0 Å². The van der Waals surface area contributed by atoms with Crippen LogP contribution in [0.4, 0.5) is 0 Å². The molecule has 3 aromatic rings. The van der Waals surface area contributed by atoms with Gasteiger partial charge in [-0.25, -0.2) is 0 Å². The number of benzene rings is 3. The number of aliphatic hydroxyl groups excluding tert-OH is 1. The number of rotatable bonds is 8. The van der Waals surface area contributed by atoms with E-state index in [0.29, 0.717) is 34.8 Å². The number of ketones is 1. The van der Waals surface area contributed by atoms with Crippen molar-refractivity contribution < 1.29 is 28.9 Å². The summed E-state index contributed by atoms with van der Waals surface area (Å²) in [6.45, 7) is 0.286. The van der Waals surface area contributed by atoms with Gasteiger partial charge >= 0.3 is 0 Å². The normalized spacial score (nSPS) is 16.9. The predicted molar refractivity (Wildman–Crippen MR) is 132 cm³/mol. The van der Waals surface area contributed by atoms with Gasteiger partial charge in [-0.2, -0.15) is 0 Å². The summed E-state index contributed by atoms with van der Waals surface area (Å²) in [5.41, 5.74) is 2.03. The lowest BCUT2D eigenvalue weighted by molar-refractivity contribution is -0.139. The second-order valence-corrected chi connectivity index (χ2v) is 8.06. The van der Waals surface area contributed by atoms with Crippen LogP contribution in [-0.2, 0) is 16.0 Å². The number of likely N-dealkylation sites (tertiary alicyclic amines) is 1. The Labute approximate surface area is 204 Å². The first kappa shape index (κ1) is 23.9. The van der Waals surface area contributed by atoms with Crippen molar-refractivity contribution in [2.75, 3.05) is 27.9 Å². The number of hydrogen-bond acceptors (Lipinski definition) is 6. The molecule has 0 aliphatic carbocycles. The maximum absolute atomic E-state index is 13.3. The van der Waals surface area contributed by atoms with Gasteiger partial charge < -0.3 is 24.2 Å². The standard InChI is InChI=1S/C28H27NO6/c1-33-20-11-9-19(10-12-20)26(30)24-25(22-14-13-21(34-2)17-23(22)35-3)29(28(32)27(24)31)16-15-18-7-5-4-6-8-18/h4-14,17,25,30H,15-16H2,1-3H3/b26-24+. The molecule has 1 unspecified atom stereocenters. The van der Waals surface area contributed by atoms with Crippen LogP contribution in [0, 0.1) is 0 Å². The van der Waals surface area contributed by atoms with Crippen LogP contribution in [0.3, 0.4) is 0 Å². The average molecular weight is 474 g/mol. The predicted octanol–water partition coefficient (Wildman–Crippen LogP) is 4.38. The zero-order valence-corrected chi connectivity index (χ0v) is 19.9. The monoisotopic (exact) mass is 473 g/mol. The first-order valence-electron chi connectivity index (χ1n) is 11.2. The Morgan fingerprint density at radius 1 is 0.857 bits per heavy atom. The lowest BCUT2D eigenvalue weighted by Gasteiger charge is -2.27. The van der Waals surface area contributed by atoms with E-state index in [0.717, 1.165) is 5.56 Å². The highest BCUT2D eigenvalue weighted by molar-refractivity contribution is 6.46. The number of carbonyl (C=O) groups is 2. The summed E-state index contributed by atoms with van der Waals surface area (Å²) in [7, 11) is 4.60. The largest absolute Gasteiger partial charge is 0.507 e. The van der Waals surface area contributed by atoms with E-state index in [-0.39, 0.29) is 17.9 Å². The van der Waals surface area contributed by atoms with Crippen LogP contribution < -0.4 is 14.2 Å². The Kier molecular flexibility index (Phi) is 7.06. The summed E-state index contributed by atoms with van der Waals surface area (Å²) in [5, 5.41) is 11.2. The van der Waals surface area contributed by atoms with Gasteiger partial charge in [-0.15, -0.1) is 0 Å². The quantitative estimate of drug-likeness (QED) is 0.297. The molecule has 7 nitrogen and oxygen atoms in total. The third-order valence-electron chi connectivity index (χ3n) is 6.12. The molecule has 0 radical (unpaired) electrons. The van der Waals surface area contributed by atoms with E-state index in [4.69, 9.17) is 14.2 Å². The van der Waals surface area contributed by atoms with Crippen molar-refractivity contribution >= 4 is 17.4 Å². The van der Waals surface area contributed by atoms with Crippen LogP contribution in [0.1, 0.15) is 22.7 Å².